The van der Waals surface area contributed by atoms with E-state index in [1.807, 2.05) is 6.92 Å². The minimum absolute atomic E-state index is 0.274. The van der Waals surface area contributed by atoms with Crippen LogP contribution < -0.4 is 16.6 Å². The van der Waals surface area contributed by atoms with Crippen molar-refractivity contribution in [2.45, 2.75) is 20.4 Å². The van der Waals surface area contributed by atoms with Gasteiger partial charge >= 0.3 is 5.69 Å². The van der Waals surface area contributed by atoms with Crippen LogP contribution >= 0.6 is 22.9 Å². The van der Waals surface area contributed by atoms with E-state index in [4.69, 9.17) is 11.6 Å². The number of aryl methyl sites for hydroxylation is 2. The molecule has 4 aromatic rings. The maximum absolute atomic E-state index is 13.4. The number of rotatable bonds is 4. The van der Waals surface area contributed by atoms with Gasteiger partial charge in [0.2, 0.25) is 5.91 Å². The zero-order valence-electron chi connectivity index (χ0n) is 16.6. The molecule has 4 rings (SSSR count). The molecule has 0 atom stereocenters. The lowest BCUT2D eigenvalue weighted by Gasteiger charge is -2.13. The third-order valence-corrected chi connectivity index (χ3v) is 6.39. The van der Waals surface area contributed by atoms with Crippen LogP contribution in [-0.2, 0) is 11.3 Å². The molecule has 2 aromatic carbocycles. The molecule has 0 aliphatic carbocycles. The lowest BCUT2D eigenvalue weighted by molar-refractivity contribution is -0.116. The van der Waals surface area contributed by atoms with E-state index in [9.17, 15) is 18.8 Å². The lowest BCUT2D eigenvalue weighted by atomic mass is 10.2. The molecule has 0 saturated heterocycles. The predicted octanol–water partition coefficient (Wildman–Crippen LogP) is 4.26. The minimum Gasteiger partial charge on any atom is -0.324 e. The van der Waals surface area contributed by atoms with E-state index in [2.05, 4.69) is 5.32 Å². The summed E-state index contributed by atoms with van der Waals surface area (Å²) in [6, 6.07) is 11.9. The first-order valence-electron chi connectivity index (χ1n) is 9.33. The number of fused-ring (bicyclic) bond motifs is 1. The molecule has 0 aliphatic heterocycles. The molecule has 158 valence electrons. The van der Waals surface area contributed by atoms with Crippen LogP contribution in [0.25, 0.3) is 15.9 Å². The van der Waals surface area contributed by atoms with Crippen molar-refractivity contribution in [1.82, 2.24) is 9.13 Å². The summed E-state index contributed by atoms with van der Waals surface area (Å²) in [5, 5.41) is 3.33. The maximum Gasteiger partial charge on any atom is 0.337 e. The Morgan fingerprint density at radius 1 is 1.13 bits per heavy atom. The molecule has 0 fully saturated rings. The number of thiophene rings is 1. The second-order valence-corrected chi connectivity index (χ2v) is 8.65. The molecule has 0 spiro atoms. The van der Waals surface area contributed by atoms with Gasteiger partial charge < -0.3 is 5.32 Å². The van der Waals surface area contributed by atoms with Crippen molar-refractivity contribution < 1.29 is 9.18 Å². The van der Waals surface area contributed by atoms with Gasteiger partial charge in [0.15, 0.2) is 0 Å². The summed E-state index contributed by atoms with van der Waals surface area (Å²) >= 11 is 7.34. The van der Waals surface area contributed by atoms with E-state index in [0.717, 1.165) is 15.0 Å². The molecule has 0 unspecified atom stereocenters. The van der Waals surface area contributed by atoms with E-state index in [1.165, 1.54) is 40.2 Å². The topological polar surface area (TPSA) is 73.1 Å². The molecule has 2 heterocycles. The van der Waals surface area contributed by atoms with Gasteiger partial charge in [-0.3, -0.25) is 14.2 Å². The normalized spacial score (nSPS) is 11.1. The molecular formula is C22H17ClFN3O3S. The number of halogens is 2. The smallest absolute Gasteiger partial charge is 0.324 e. The number of carbonyl (C=O) groups excluding carboxylic acids is 1. The Labute approximate surface area is 185 Å². The fourth-order valence-electron chi connectivity index (χ4n) is 3.35. The fourth-order valence-corrected chi connectivity index (χ4v) is 4.67. The fraction of sp³-hybridized carbons (Fsp3) is 0.136. The monoisotopic (exact) mass is 457 g/mol. The van der Waals surface area contributed by atoms with Crippen LogP contribution in [0.3, 0.4) is 0 Å². The lowest BCUT2D eigenvalue weighted by Crippen LogP contribution is -2.40. The zero-order chi connectivity index (χ0) is 22.3. The number of hydrogen-bond donors (Lipinski definition) is 1. The van der Waals surface area contributed by atoms with Crippen molar-refractivity contribution in [3.63, 3.8) is 0 Å². The average molecular weight is 458 g/mol. The van der Waals surface area contributed by atoms with Crippen LogP contribution in [0.4, 0.5) is 10.1 Å². The van der Waals surface area contributed by atoms with Gasteiger partial charge in [-0.1, -0.05) is 23.7 Å². The average Bonchev–Trinajstić information content (AvgIpc) is 3.00. The van der Waals surface area contributed by atoms with Gasteiger partial charge in [-0.25, -0.2) is 13.8 Å². The quantitative estimate of drug-likeness (QED) is 0.497. The number of benzene rings is 2. The summed E-state index contributed by atoms with van der Waals surface area (Å²) in [5.74, 6) is -1.01. The van der Waals surface area contributed by atoms with Crippen LogP contribution in [-0.4, -0.2) is 15.0 Å². The molecule has 31 heavy (non-hydrogen) atoms. The summed E-state index contributed by atoms with van der Waals surface area (Å²) in [6.45, 7) is 3.32. The first kappa shape index (κ1) is 21.0. The van der Waals surface area contributed by atoms with Crippen molar-refractivity contribution >= 4 is 44.7 Å². The second kappa shape index (κ2) is 8.13. The van der Waals surface area contributed by atoms with E-state index in [0.29, 0.717) is 20.9 Å². The standard InChI is InChI=1S/C22H17ClFN3O3S/c1-12-13(2)31-21-19(12)20(29)27(17-8-3-5-14(23)9-17)22(30)26(21)11-18(28)25-16-7-4-6-15(24)10-16/h3-10H,11H2,1-2H3,(H,25,28). The molecule has 1 amide bonds. The van der Waals surface area contributed by atoms with Crippen LogP contribution in [0.15, 0.2) is 58.1 Å². The molecule has 0 aliphatic rings. The Morgan fingerprint density at radius 2 is 1.87 bits per heavy atom. The Hall–Kier alpha value is -3.23. The first-order valence-corrected chi connectivity index (χ1v) is 10.5. The van der Waals surface area contributed by atoms with Crippen molar-refractivity contribution in [2.24, 2.45) is 0 Å². The van der Waals surface area contributed by atoms with Gasteiger partial charge in [-0.2, -0.15) is 0 Å². The third kappa shape index (κ3) is 3.92. The minimum atomic E-state index is -0.657. The highest BCUT2D eigenvalue weighted by molar-refractivity contribution is 7.18. The summed E-state index contributed by atoms with van der Waals surface area (Å²) in [5.41, 5.74) is 0.212. The largest absolute Gasteiger partial charge is 0.337 e. The first-order chi connectivity index (χ1) is 14.8. The number of carbonyl (C=O) groups is 1. The molecular weight excluding hydrogens is 441 g/mol. The van der Waals surface area contributed by atoms with E-state index >= 15 is 0 Å². The van der Waals surface area contributed by atoms with Gasteiger partial charge in [0.25, 0.3) is 5.56 Å². The highest BCUT2D eigenvalue weighted by Crippen LogP contribution is 2.27. The predicted molar refractivity (Wildman–Crippen MR) is 121 cm³/mol. The van der Waals surface area contributed by atoms with Crippen LogP contribution in [0.1, 0.15) is 10.4 Å². The summed E-state index contributed by atoms with van der Waals surface area (Å²) in [4.78, 5) is 40.5. The van der Waals surface area contributed by atoms with Gasteiger partial charge in [0.1, 0.15) is 17.2 Å². The number of nitrogens with zero attached hydrogens (tertiary/aromatic N) is 2. The van der Waals surface area contributed by atoms with E-state index < -0.39 is 23.0 Å². The highest BCUT2D eigenvalue weighted by atomic mass is 35.5. The van der Waals surface area contributed by atoms with Gasteiger partial charge in [0, 0.05) is 15.6 Å². The number of hydrogen-bond acceptors (Lipinski definition) is 4. The second-order valence-electron chi connectivity index (χ2n) is 7.01. The van der Waals surface area contributed by atoms with Crippen LogP contribution in [0.2, 0.25) is 5.02 Å². The molecule has 6 nitrogen and oxygen atoms in total. The molecule has 0 saturated carbocycles. The Balaban J connectivity index is 1.88. The summed E-state index contributed by atoms with van der Waals surface area (Å²) in [7, 11) is 0. The summed E-state index contributed by atoms with van der Waals surface area (Å²) in [6.07, 6.45) is 0. The number of nitrogens with one attached hydrogen (secondary N) is 1. The molecule has 2 aromatic heterocycles. The number of anilines is 1. The van der Waals surface area contributed by atoms with Crippen molar-refractivity contribution in [2.75, 3.05) is 5.32 Å². The SMILES string of the molecule is Cc1sc2c(c1C)c(=O)n(-c1cccc(Cl)c1)c(=O)n2CC(=O)Nc1cccc(F)c1. The molecule has 0 bridgehead atoms. The molecule has 0 radical (unpaired) electrons. The van der Waals surface area contributed by atoms with Crippen LogP contribution in [0, 0.1) is 19.7 Å². The van der Waals surface area contributed by atoms with E-state index in [-0.39, 0.29) is 12.2 Å². The Morgan fingerprint density at radius 3 is 2.58 bits per heavy atom. The Bertz CT molecular complexity index is 1450. The molecule has 9 heteroatoms. The van der Waals surface area contributed by atoms with Crippen molar-refractivity contribution in [1.29, 1.82) is 0 Å². The van der Waals surface area contributed by atoms with Crippen molar-refractivity contribution in [3.8, 4) is 5.69 Å². The highest BCUT2D eigenvalue weighted by Gasteiger charge is 2.21. The number of aromatic nitrogens is 2. The number of amides is 1. The maximum atomic E-state index is 13.4. The van der Waals surface area contributed by atoms with Crippen LogP contribution in [0.5, 0.6) is 0 Å². The third-order valence-electron chi connectivity index (χ3n) is 4.93. The Kier molecular flexibility index (Phi) is 5.51. The van der Waals surface area contributed by atoms with E-state index in [1.54, 1.807) is 31.2 Å². The molecule has 1 N–H and O–H groups in total. The van der Waals surface area contributed by atoms with Gasteiger partial charge in [-0.15, -0.1) is 11.3 Å². The van der Waals surface area contributed by atoms with Gasteiger partial charge in [0.05, 0.1) is 11.1 Å². The van der Waals surface area contributed by atoms with Gasteiger partial charge in [-0.05, 0) is 55.8 Å². The zero-order valence-corrected chi connectivity index (χ0v) is 18.2. The van der Waals surface area contributed by atoms with Crippen molar-refractivity contribution in [3.05, 3.63) is 90.6 Å². The summed E-state index contributed by atoms with van der Waals surface area (Å²) < 4.78 is 15.7.